The molecular formula is C10H11FO2. The highest BCUT2D eigenvalue weighted by molar-refractivity contribution is 5.76. The van der Waals surface area contributed by atoms with Gasteiger partial charge >= 0.3 is 5.97 Å². The van der Waals surface area contributed by atoms with Crippen LogP contribution in [-0.2, 0) is 4.79 Å². The predicted octanol–water partition coefficient (Wildman–Crippen LogP) is 2.13. The molecule has 0 aromatic heterocycles. The third kappa shape index (κ3) is 2.28. The molecule has 1 rings (SSSR count). The Kier molecular flexibility index (Phi) is 3.01. The summed E-state index contributed by atoms with van der Waals surface area (Å²) in [7, 11) is 0. The predicted molar refractivity (Wildman–Crippen MR) is 47.5 cm³/mol. The summed E-state index contributed by atoms with van der Waals surface area (Å²) >= 11 is 0. The molecule has 13 heavy (non-hydrogen) atoms. The Bertz CT molecular complexity index is 310. The average Bonchev–Trinajstić information content (AvgIpc) is 2.04. The van der Waals surface area contributed by atoms with Crippen molar-refractivity contribution in [2.45, 2.75) is 12.8 Å². The van der Waals surface area contributed by atoms with E-state index < -0.39 is 18.6 Å². The van der Waals surface area contributed by atoms with E-state index in [9.17, 15) is 9.18 Å². The van der Waals surface area contributed by atoms with Gasteiger partial charge in [-0.15, -0.1) is 0 Å². The smallest absolute Gasteiger partial charge is 0.313 e. The lowest BCUT2D eigenvalue weighted by Crippen LogP contribution is -2.13. The fourth-order valence-corrected chi connectivity index (χ4v) is 1.18. The van der Waals surface area contributed by atoms with E-state index in [4.69, 9.17) is 5.11 Å². The summed E-state index contributed by atoms with van der Waals surface area (Å²) in [5.41, 5.74) is 1.47. The normalized spacial score (nSPS) is 12.5. The van der Waals surface area contributed by atoms with Gasteiger partial charge in [0.1, 0.15) is 12.6 Å². The minimum Gasteiger partial charge on any atom is -0.481 e. The Morgan fingerprint density at radius 1 is 1.62 bits per heavy atom. The summed E-state index contributed by atoms with van der Waals surface area (Å²) in [5, 5.41) is 8.68. The Hall–Kier alpha value is -1.38. The molecule has 0 amide bonds. The minimum atomic E-state index is -1.12. The minimum absolute atomic E-state index is 0.523. The summed E-state index contributed by atoms with van der Waals surface area (Å²) < 4.78 is 12.3. The number of carboxylic acid groups (broad SMARTS) is 1. The van der Waals surface area contributed by atoms with Crippen LogP contribution in [0, 0.1) is 6.92 Å². The Morgan fingerprint density at radius 3 is 2.77 bits per heavy atom. The number of aliphatic carboxylic acids is 1. The van der Waals surface area contributed by atoms with E-state index in [0.29, 0.717) is 5.56 Å². The van der Waals surface area contributed by atoms with Gasteiger partial charge in [0.15, 0.2) is 0 Å². The van der Waals surface area contributed by atoms with Crippen LogP contribution in [0.3, 0.4) is 0 Å². The van der Waals surface area contributed by atoms with Gasteiger partial charge in [0, 0.05) is 0 Å². The Balaban J connectivity index is 2.98. The van der Waals surface area contributed by atoms with Crippen molar-refractivity contribution in [3.8, 4) is 0 Å². The van der Waals surface area contributed by atoms with E-state index in [1.807, 2.05) is 13.0 Å². The van der Waals surface area contributed by atoms with Crippen LogP contribution in [0.5, 0.6) is 0 Å². The summed E-state index contributed by atoms with van der Waals surface area (Å²) in [4.78, 5) is 10.6. The second-order valence-corrected chi connectivity index (χ2v) is 2.96. The van der Waals surface area contributed by atoms with Crippen LogP contribution in [0.15, 0.2) is 24.3 Å². The van der Waals surface area contributed by atoms with Crippen molar-refractivity contribution in [1.29, 1.82) is 0 Å². The first-order valence-electron chi connectivity index (χ1n) is 4.00. The molecule has 1 aromatic rings. The fraction of sp³-hybridized carbons (Fsp3) is 0.300. The molecule has 0 bridgehead atoms. The quantitative estimate of drug-likeness (QED) is 0.777. The summed E-state index contributed by atoms with van der Waals surface area (Å²) in [6.07, 6.45) is 0. The zero-order valence-corrected chi connectivity index (χ0v) is 7.33. The van der Waals surface area contributed by atoms with Gasteiger partial charge in [-0.1, -0.05) is 29.8 Å². The number of carboxylic acids is 1. The largest absolute Gasteiger partial charge is 0.481 e. The van der Waals surface area contributed by atoms with Crippen molar-refractivity contribution in [3.63, 3.8) is 0 Å². The lowest BCUT2D eigenvalue weighted by molar-refractivity contribution is -0.139. The van der Waals surface area contributed by atoms with E-state index in [2.05, 4.69) is 0 Å². The van der Waals surface area contributed by atoms with Crippen LogP contribution < -0.4 is 0 Å². The third-order valence-electron chi connectivity index (χ3n) is 1.90. The van der Waals surface area contributed by atoms with Gasteiger partial charge in [-0.2, -0.15) is 0 Å². The van der Waals surface area contributed by atoms with Crippen LogP contribution in [0.1, 0.15) is 17.0 Å². The topological polar surface area (TPSA) is 37.3 Å². The number of alkyl halides is 1. The van der Waals surface area contributed by atoms with E-state index in [-0.39, 0.29) is 0 Å². The highest BCUT2D eigenvalue weighted by Crippen LogP contribution is 2.17. The maximum absolute atomic E-state index is 12.3. The number of halogens is 1. The van der Waals surface area contributed by atoms with Crippen molar-refractivity contribution in [3.05, 3.63) is 35.4 Å². The van der Waals surface area contributed by atoms with Crippen molar-refractivity contribution < 1.29 is 14.3 Å². The van der Waals surface area contributed by atoms with Crippen LogP contribution in [-0.4, -0.2) is 17.8 Å². The first-order chi connectivity index (χ1) is 6.15. The molecule has 1 atom stereocenters. The number of aryl methyl sites for hydroxylation is 1. The van der Waals surface area contributed by atoms with Crippen LogP contribution in [0.25, 0.3) is 0 Å². The van der Waals surface area contributed by atoms with Crippen molar-refractivity contribution in [2.75, 3.05) is 6.67 Å². The lowest BCUT2D eigenvalue weighted by Gasteiger charge is -2.08. The first kappa shape index (κ1) is 9.71. The molecule has 1 unspecified atom stereocenters. The van der Waals surface area contributed by atoms with Crippen molar-refractivity contribution in [1.82, 2.24) is 0 Å². The molecule has 0 aliphatic rings. The average molecular weight is 182 g/mol. The Morgan fingerprint density at radius 2 is 2.31 bits per heavy atom. The van der Waals surface area contributed by atoms with Crippen molar-refractivity contribution in [2.24, 2.45) is 0 Å². The second kappa shape index (κ2) is 4.03. The Labute approximate surface area is 76.0 Å². The van der Waals surface area contributed by atoms with Gasteiger partial charge in [-0.3, -0.25) is 4.79 Å². The third-order valence-corrected chi connectivity index (χ3v) is 1.90. The number of hydrogen-bond acceptors (Lipinski definition) is 1. The van der Waals surface area contributed by atoms with Gasteiger partial charge in [0.05, 0.1) is 0 Å². The van der Waals surface area contributed by atoms with Gasteiger partial charge < -0.3 is 5.11 Å². The molecule has 1 aromatic carbocycles. The molecule has 0 heterocycles. The lowest BCUT2D eigenvalue weighted by atomic mass is 9.99. The van der Waals surface area contributed by atoms with Gasteiger partial charge in [0.25, 0.3) is 0 Å². The molecule has 0 fully saturated rings. The van der Waals surface area contributed by atoms with E-state index >= 15 is 0 Å². The van der Waals surface area contributed by atoms with Crippen LogP contribution in [0.2, 0.25) is 0 Å². The zero-order chi connectivity index (χ0) is 9.84. The molecule has 2 nitrogen and oxygen atoms in total. The number of rotatable bonds is 3. The van der Waals surface area contributed by atoms with Crippen LogP contribution >= 0.6 is 0 Å². The van der Waals surface area contributed by atoms with E-state index in [1.54, 1.807) is 18.2 Å². The fourth-order valence-electron chi connectivity index (χ4n) is 1.18. The molecule has 0 saturated heterocycles. The molecule has 70 valence electrons. The SMILES string of the molecule is Cc1cccc(C(CF)C(=O)O)c1. The standard InChI is InChI=1S/C10H11FO2/c1-7-3-2-4-8(5-7)9(6-11)10(12)13/h2-5,9H,6H2,1H3,(H,12,13). The van der Waals surface area contributed by atoms with Gasteiger partial charge in [-0.05, 0) is 12.5 Å². The molecule has 0 aliphatic heterocycles. The summed E-state index contributed by atoms with van der Waals surface area (Å²) in [5.74, 6) is -2.15. The number of benzene rings is 1. The summed E-state index contributed by atoms with van der Waals surface area (Å²) in [6.45, 7) is 0.986. The monoisotopic (exact) mass is 182 g/mol. The van der Waals surface area contributed by atoms with Crippen LogP contribution in [0.4, 0.5) is 4.39 Å². The molecular weight excluding hydrogens is 171 g/mol. The van der Waals surface area contributed by atoms with E-state index in [1.165, 1.54) is 0 Å². The van der Waals surface area contributed by atoms with Gasteiger partial charge in [0.2, 0.25) is 0 Å². The van der Waals surface area contributed by atoms with Crippen molar-refractivity contribution >= 4 is 5.97 Å². The zero-order valence-electron chi connectivity index (χ0n) is 7.33. The first-order valence-corrected chi connectivity index (χ1v) is 4.00. The van der Waals surface area contributed by atoms with E-state index in [0.717, 1.165) is 5.56 Å². The molecule has 3 heteroatoms. The maximum atomic E-state index is 12.3. The second-order valence-electron chi connectivity index (χ2n) is 2.96. The summed E-state index contributed by atoms with van der Waals surface area (Å²) in [6, 6.07) is 6.90. The number of carbonyl (C=O) groups is 1. The highest BCUT2D eigenvalue weighted by Gasteiger charge is 2.19. The number of hydrogen-bond donors (Lipinski definition) is 1. The van der Waals surface area contributed by atoms with Gasteiger partial charge in [-0.25, -0.2) is 4.39 Å². The maximum Gasteiger partial charge on any atom is 0.313 e. The molecule has 0 radical (unpaired) electrons. The molecule has 0 saturated carbocycles. The highest BCUT2D eigenvalue weighted by atomic mass is 19.1. The molecule has 0 spiro atoms. The molecule has 1 N–H and O–H groups in total. The molecule has 0 aliphatic carbocycles.